The zero-order chi connectivity index (χ0) is 14.0. The molecule has 2 aromatic carbocycles. The Kier molecular flexibility index (Phi) is 3.29. The van der Waals surface area contributed by atoms with Crippen LogP contribution in [0.5, 0.6) is 23.0 Å². The van der Waals surface area contributed by atoms with Crippen molar-refractivity contribution in [1.29, 1.82) is 0 Å². The third kappa shape index (κ3) is 2.44. The molecule has 3 N–H and O–H groups in total. The third-order valence-electron chi connectivity index (χ3n) is 2.62. The molecule has 0 fully saturated rings. The monoisotopic (exact) mass is 260 g/mol. The van der Waals surface area contributed by atoms with Crippen molar-refractivity contribution in [1.82, 2.24) is 0 Å². The van der Waals surface area contributed by atoms with E-state index >= 15 is 0 Å². The van der Waals surface area contributed by atoms with Crippen LogP contribution < -0.4 is 4.74 Å². The Labute approximate surface area is 109 Å². The van der Waals surface area contributed by atoms with Crippen LogP contribution in [-0.2, 0) is 0 Å². The van der Waals surface area contributed by atoms with Gasteiger partial charge in [0.1, 0.15) is 28.6 Å². The Balaban J connectivity index is 2.56. The first-order valence-electron chi connectivity index (χ1n) is 5.46. The molecule has 0 radical (unpaired) electrons. The molecule has 0 aromatic heterocycles. The molecule has 0 bridgehead atoms. The van der Waals surface area contributed by atoms with Gasteiger partial charge in [-0.25, -0.2) is 0 Å². The molecular formula is C14H12O5. The molecule has 0 aliphatic rings. The van der Waals surface area contributed by atoms with Gasteiger partial charge in [0.05, 0.1) is 7.11 Å². The average Bonchev–Trinajstić information content (AvgIpc) is 2.37. The summed E-state index contributed by atoms with van der Waals surface area (Å²) in [6.45, 7) is 0. The fourth-order valence-corrected chi connectivity index (χ4v) is 1.77. The van der Waals surface area contributed by atoms with E-state index in [1.165, 1.54) is 37.4 Å². The van der Waals surface area contributed by atoms with Crippen LogP contribution in [0, 0.1) is 0 Å². The quantitative estimate of drug-likeness (QED) is 0.735. The fraction of sp³-hybridized carbons (Fsp3) is 0.0714. The fourth-order valence-electron chi connectivity index (χ4n) is 1.77. The highest BCUT2D eigenvalue weighted by Gasteiger charge is 2.20. The van der Waals surface area contributed by atoms with Crippen molar-refractivity contribution in [2.75, 3.05) is 7.11 Å². The number of hydrogen-bond acceptors (Lipinski definition) is 5. The number of aromatic hydroxyl groups is 3. The number of ketones is 1. The molecule has 0 unspecified atom stereocenters. The number of methoxy groups -OCH3 is 1. The first-order chi connectivity index (χ1) is 9.02. The van der Waals surface area contributed by atoms with Gasteiger partial charge in [-0.05, 0) is 12.1 Å². The maximum absolute atomic E-state index is 12.3. The smallest absolute Gasteiger partial charge is 0.200 e. The van der Waals surface area contributed by atoms with Crippen LogP contribution in [0.25, 0.3) is 0 Å². The van der Waals surface area contributed by atoms with Crippen molar-refractivity contribution in [2.45, 2.75) is 0 Å². The van der Waals surface area contributed by atoms with E-state index in [4.69, 9.17) is 4.74 Å². The number of hydrogen-bond donors (Lipinski definition) is 3. The standard InChI is InChI=1S/C14H12O5/c1-19-12-7-10(16)6-11(17)13(12)14(18)8-3-2-4-9(15)5-8/h2-7,15-17H,1H3. The van der Waals surface area contributed by atoms with Crippen LogP contribution in [0.2, 0.25) is 0 Å². The van der Waals surface area contributed by atoms with Crippen LogP contribution in [0.3, 0.4) is 0 Å². The zero-order valence-electron chi connectivity index (χ0n) is 10.1. The summed E-state index contributed by atoms with van der Waals surface area (Å²) in [5, 5.41) is 28.5. The lowest BCUT2D eigenvalue weighted by Gasteiger charge is -2.10. The second-order valence-corrected chi connectivity index (χ2v) is 3.92. The van der Waals surface area contributed by atoms with Gasteiger partial charge < -0.3 is 20.1 Å². The second kappa shape index (κ2) is 4.89. The number of phenols is 3. The summed E-state index contributed by atoms with van der Waals surface area (Å²) in [6, 6.07) is 8.04. The van der Waals surface area contributed by atoms with Gasteiger partial charge in [-0.15, -0.1) is 0 Å². The topological polar surface area (TPSA) is 87.0 Å². The lowest BCUT2D eigenvalue weighted by atomic mass is 10.0. The van der Waals surface area contributed by atoms with E-state index in [1.54, 1.807) is 0 Å². The molecule has 0 atom stereocenters. The average molecular weight is 260 g/mol. The summed E-state index contributed by atoms with van der Waals surface area (Å²) in [7, 11) is 1.33. The summed E-state index contributed by atoms with van der Waals surface area (Å²) in [6.07, 6.45) is 0. The minimum atomic E-state index is -0.509. The largest absolute Gasteiger partial charge is 0.508 e. The Morgan fingerprint density at radius 2 is 1.79 bits per heavy atom. The van der Waals surface area contributed by atoms with Gasteiger partial charge in [0, 0.05) is 17.7 Å². The molecule has 2 rings (SSSR count). The predicted octanol–water partition coefficient (Wildman–Crippen LogP) is 2.04. The van der Waals surface area contributed by atoms with E-state index in [9.17, 15) is 20.1 Å². The second-order valence-electron chi connectivity index (χ2n) is 3.92. The number of phenolic OH excluding ortho intramolecular Hbond substituents is 3. The van der Waals surface area contributed by atoms with E-state index in [0.717, 1.165) is 6.07 Å². The summed E-state index contributed by atoms with van der Waals surface area (Å²) < 4.78 is 4.98. The van der Waals surface area contributed by atoms with Crippen molar-refractivity contribution >= 4 is 5.78 Å². The van der Waals surface area contributed by atoms with E-state index in [-0.39, 0.29) is 34.1 Å². The van der Waals surface area contributed by atoms with Crippen LogP contribution >= 0.6 is 0 Å². The minimum absolute atomic E-state index is 0.0527. The molecule has 0 aliphatic carbocycles. The highest BCUT2D eigenvalue weighted by atomic mass is 16.5. The van der Waals surface area contributed by atoms with E-state index in [0.29, 0.717) is 0 Å². The molecule has 2 aromatic rings. The maximum Gasteiger partial charge on any atom is 0.200 e. The van der Waals surface area contributed by atoms with E-state index < -0.39 is 5.78 Å². The number of ether oxygens (including phenoxy) is 1. The summed E-state index contributed by atoms with van der Waals surface area (Å²) in [4.78, 5) is 12.3. The molecule has 0 spiro atoms. The van der Waals surface area contributed by atoms with Crippen molar-refractivity contribution in [3.05, 3.63) is 47.5 Å². The van der Waals surface area contributed by atoms with Crippen molar-refractivity contribution in [3.8, 4) is 23.0 Å². The molecular weight excluding hydrogens is 248 g/mol. The number of carbonyl (C=O) groups is 1. The van der Waals surface area contributed by atoms with Crippen molar-refractivity contribution in [2.24, 2.45) is 0 Å². The van der Waals surface area contributed by atoms with Gasteiger partial charge in [-0.3, -0.25) is 4.79 Å². The van der Waals surface area contributed by atoms with Gasteiger partial charge in [0.15, 0.2) is 0 Å². The highest BCUT2D eigenvalue weighted by Crippen LogP contribution is 2.34. The Bertz CT molecular complexity index is 634. The Hall–Kier alpha value is -2.69. The van der Waals surface area contributed by atoms with Gasteiger partial charge in [0.25, 0.3) is 0 Å². The molecule has 19 heavy (non-hydrogen) atoms. The number of rotatable bonds is 3. The lowest BCUT2D eigenvalue weighted by molar-refractivity contribution is 0.103. The van der Waals surface area contributed by atoms with Crippen LogP contribution in [0.4, 0.5) is 0 Å². The minimum Gasteiger partial charge on any atom is -0.508 e. The summed E-state index contributed by atoms with van der Waals surface area (Å²) in [5.74, 6) is -1.09. The van der Waals surface area contributed by atoms with Crippen LogP contribution in [0.1, 0.15) is 15.9 Å². The molecule has 98 valence electrons. The van der Waals surface area contributed by atoms with Crippen LogP contribution in [0.15, 0.2) is 36.4 Å². The molecule has 0 heterocycles. The SMILES string of the molecule is COc1cc(O)cc(O)c1C(=O)c1cccc(O)c1. The number of benzene rings is 2. The zero-order valence-corrected chi connectivity index (χ0v) is 10.1. The van der Waals surface area contributed by atoms with E-state index in [1.807, 2.05) is 0 Å². The molecule has 5 nitrogen and oxygen atoms in total. The van der Waals surface area contributed by atoms with Gasteiger partial charge in [0.2, 0.25) is 5.78 Å². The van der Waals surface area contributed by atoms with E-state index in [2.05, 4.69) is 0 Å². The first-order valence-corrected chi connectivity index (χ1v) is 5.46. The van der Waals surface area contributed by atoms with Crippen molar-refractivity contribution in [3.63, 3.8) is 0 Å². The maximum atomic E-state index is 12.3. The van der Waals surface area contributed by atoms with Crippen LogP contribution in [-0.4, -0.2) is 28.2 Å². The third-order valence-corrected chi connectivity index (χ3v) is 2.62. The molecule has 0 saturated carbocycles. The molecule has 0 amide bonds. The molecule has 0 aliphatic heterocycles. The molecule has 0 saturated heterocycles. The normalized spacial score (nSPS) is 10.2. The lowest BCUT2D eigenvalue weighted by Crippen LogP contribution is -2.04. The molecule has 5 heteroatoms. The Morgan fingerprint density at radius 3 is 2.42 bits per heavy atom. The van der Waals surface area contributed by atoms with Gasteiger partial charge >= 0.3 is 0 Å². The van der Waals surface area contributed by atoms with Crippen molar-refractivity contribution < 1.29 is 24.9 Å². The highest BCUT2D eigenvalue weighted by molar-refractivity contribution is 6.12. The van der Waals surface area contributed by atoms with Gasteiger partial charge in [-0.2, -0.15) is 0 Å². The summed E-state index contributed by atoms with van der Waals surface area (Å²) in [5.41, 5.74) is 0.144. The van der Waals surface area contributed by atoms with Gasteiger partial charge in [-0.1, -0.05) is 12.1 Å². The number of carbonyl (C=O) groups excluding carboxylic acids is 1. The first kappa shape index (κ1) is 12.8. The summed E-state index contributed by atoms with van der Waals surface area (Å²) >= 11 is 0. The Morgan fingerprint density at radius 1 is 1.05 bits per heavy atom. The predicted molar refractivity (Wildman–Crippen MR) is 67.9 cm³/mol.